The number of hydrogen-bond donors (Lipinski definition) is 1. The first-order chi connectivity index (χ1) is 9.86. The molecule has 5 heteroatoms. The van der Waals surface area contributed by atoms with E-state index in [2.05, 4.69) is 21.3 Å². The van der Waals surface area contributed by atoms with E-state index in [4.69, 9.17) is 16.3 Å². The van der Waals surface area contributed by atoms with Crippen LogP contribution >= 0.6 is 11.6 Å². The SMILES string of the molecule is Clc1cnccc1[C@@H](C1CCOCC1)N1CCNCC1. The van der Waals surface area contributed by atoms with Crippen LogP contribution in [0.1, 0.15) is 24.4 Å². The van der Waals surface area contributed by atoms with Gasteiger partial charge in [0, 0.05) is 57.8 Å². The van der Waals surface area contributed by atoms with Crippen LogP contribution in [0.25, 0.3) is 0 Å². The van der Waals surface area contributed by atoms with E-state index in [-0.39, 0.29) is 0 Å². The van der Waals surface area contributed by atoms with Gasteiger partial charge in [0.15, 0.2) is 0 Å². The average Bonchev–Trinajstić information content (AvgIpc) is 2.52. The van der Waals surface area contributed by atoms with Gasteiger partial charge >= 0.3 is 0 Å². The molecule has 2 aliphatic heterocycles. The predicted octanol–water partition coefficient (Wildman–Crippen LogP) is 2.11. The van der Waals surface area contributed by atoms with Gasteiger partial charge in [-0.05, 0) is 30.4 Å². The van der Waals surface area contributed by atoms with Gasteiger partial charge in [-0.3, -0.25) is 9.88 Å². The molecule has 1 aromatic heterocycles. The largest absolute Gasteiger partial charge is 0.381 e. The zero-order valence-electron chi connectivity index (χ0n) is 11.7. The second kappa shape index (κ2) is 6.85. The average molecular weight is 296 g/mol. The number of hydrogen-bond acceptors (Lipinski definition) is 4. The zero-order chi connectivity index (χ0) is 13.8. The van der Waals surface area contributed by atoms with Crippen molar-refractivity contribution in [2.75, 3.05) is 39.4 Å². The number of piperazine rings is 1. The van der Waals surface area contributed by atoms with Crippen molar-refractivity contribution in [2.45, 2.75) is 18.9 Å². The van der Waals surface area contributed by atoms with Crippen LogP contribution in [0, 0.1) is 5.92 Å². The fraction of sp³-hybridized carbons (Fsp3) is 0.667. The minimum absolute atomic E-state index is 0.400. The van der Waals surface area contributed by atoms with Gasteiger partial charge in [0.2, 0.25) is 0 Å². The lowest BCUT2D eigenvalue weighted by atomic mass is 9.86. The van der Waals surface area contributed by atoms with Gasteiger partial charge in [-0.1, -0.05) is 11.6 Å². The summed E-state index contributed by atoms with van der Waals surface area (Å²) in [5.41, 5.74) is 1.23. The number of pyridine rings is 1. The van der Waals surface area contributed by atoms with Crippen LogP contribution in [0.4, 0.5) is 0 Å². The molecule has 2 saturated heterocycles. The summed E-state index contributed by atoms with van der Waals surface area (Å²) in [6.07, 6.45) is 5.86. The molecule has 1 aromatic rings. The molecular formula is C15H22ClN3O. The van der Waals surface area contributed by atoms with Crippen LogP contribution < -0.4 is 5.32 Å². The molecule has 1 N–H and O–H groups in total. The first-order valence-electron chi connectivity index (χ1n) is 7.48. The smallest absolute Gasteiger partial charge is 0.0637 e. The monoisotopic (exact) mass is 295 g/mol. The summed E-state index contributed by atoms with van der Waals surface area (Å²) in [5, 5.41) is 4.22. The van der Waals surface area contributed by atoms with E-state index in [1.807, 2.05) is 6.20 Å². The van der Waals surface area contributed by atoms with E-state index in [1.165, 1.54) is 5.56 Å². The Morgan fingerprint density at radius 3 is 2.75 bits per heavy atom. The van der Waals surface area contributed by atoms with Crippen molar-refractivity contribution in [3.05, 3.63) is 29.0 Å². The molecule has 3 heterocycles. The fourth-order valence-electron chi connectivity index (χ4n) is 3.37. The highest BCUT2D eigenvalue weighted by Crippen LogP contribution is 2.37. The summed E-state index contributed by atoms with van der Waals surface area (Å²) in [6.45, 7) is 6.03. The van der Waals surface area contributed by atoms with Gasteiger partial charge in [0.05, 0.1) is 5.02 Å². The lowest BCUT2D eigenvalue weighted by molar-refractivity contribution is 0.0213. The Kier molecular flexibility index (Phi) is 4.89. The van der Waals surface area contributed by atoms with Gasteiger partial charge in [-0.25, -0.2) is 0 Å². The van der Waals surface area contributed by atoms with Crippen LogP contribution in [-0.4, -0.2) is 49.3 Å². The van der Waals surface area contributed by atoms with Crippen molar-refractivity contribution in [3.63, 3.8) is 0 Å². The molecule has 0 saturated carbocycles. The maximum Gasteiger partial charge on any atom is 0.0637 e. The Balaban J connectivity index is 1.87. The highest BCUT2D eigenvalue weighted by Gasteiger charge is 2.32. The molecule has 20 heavy (non-hydrogen) atoms. The second-order valence-electron chi connectivity index (χ2n) is 5.58. The quantitative estimate of drug-likeness (QED) is 0.927. The van der Waals surface area contributed by atoms with Gasteiger partial charge in [-0.2, -0.15) is 0 Å². The third kappa shape index (κ3) is 3.14. The number of aromatic nitrogens is 1. The number of rotatable bonds is 3. The van der Waals surface area contributed by atoms with Crippen LogP contribution in [0.15, 0.2) is 18.5 Å². The van der Waals surface area contributed by atoms with E-state index < -0.39 is 0 Å². The molecule has 3 rings (SSSR count). The zero-order valence-corrected chi connectivity index (χ0v) is 12.5. The van der Waals surface area contributed by atoms with E-state index in [0.29, 0.717) is 12.0 Å². The fourth-order valence-corrected chi connectivity index (χ4v) is 3.60. The molecule has 0 radical (unpaired) electrons. The van der Waals surface area contributed by atoms with Crippen LogP contribution in [0.3, 0.4) is 0 Å². The second-order valence-corrected chi connectivity index (χ2v) is 5.98. The Bertz CT molecular complexity index is 413. The normalized spacial score (nSPS) is 23.6. The number of nitrogens with one attached hydrogen (secondary N) is 1. The summed E-state index contributed by atoms with van der Waals surface area (Å²) < 4.78 is 5.53. The Morgan fingerprint density at radius 1 is 1.30 bits per heavy atom. The van der Waals surface area contributed by atoms with Crippen LogP contribution in [0.2, 0.25) is 5.02 Å². The van der Waals surface area contributed by atoms with E-state index in [1.54, 1.807) is 6.20 Å². The lowest BCUT2D eigenvalue weighted by Crippen LogP contribution is -2.47. The maximum absolute atomic E-state index is 6.42. The predicted molar refractivity (Wildman–Crippen MR) is 80.0 cm³/mol. The Hall–Kier alpha value is -0.680. The minimum Gasteiger partial charge on any atom is -0.381 e. The van der Waals surface area contributed by atoms with Gasteiger partial charge in [0.1, 0.15) is 0 Å². The van der Waals surface area contributed by atoms with Gasteiger partial charge in [-0.15, -0.1) is 0 Å². The van der Waals surface area contributed by atoms with Crippen molar-refractivity contribution < 1.29 is 4.74 Å². The summed E-state index contributed by atoms with van der Waals surface area (Å²) in [5.74, 6) is 0.627. The number of nitrogens with zero attached hydrogens (tertiary/aromatic N) is 2. The standard InChI is InChI=1S/C15H22ClN3O/c16-14-11-18-4-1-13(14)15(12-2-9-20-10-3-12)19-7-5-17-6-8-19/h1,4,11-12,15,17H,2-3,5-10H2/t15-/m1/s1. The molecule has 4 nitrogen and oxygen atoms in total. The Labute approximate surface area is 125 Å². The molecular weight excluding hydrogens is 274 g/mol. The molecule has 0 amide bonds. The lowest BCUT2D eigenvalue weighted by Gasteiger charge is -2.41. The van der Waals surface area contributed by atoms with Crippen molar-refractivity contribution in [1.82, 2.24) is 15.2 Å². The minimum atomic E-state index is 0.400. The third-order valence-corrected chi connectivity index (χ3v) is 4.70. The van der Waals surface area contributed by atoms with Crippen LogP contribution in [0.5, 0.6) is 0 Å². The van der Waals surface area contributed by atoms with Crippen LogP contribution in [-0.2, 0) is 4.74 Å². The molecule has 0 aliphatic carbocycles. The summed E-state index contributed by atoms with van der Waals surface area (Å²) in [7, 11) is 0. The first-order valence-corrected chi connectivity index (χ1v) is 7.86. The molecule has 2 fully saturated rings. The summed E-state index contributed by atoms with van der Waals surface area (Å²) in [4.78, 5) is 6.71. The molecule has 0 unspecified atom stereocenters. The van der Waals surface area contributed by atoms with E-state index in [9.17, 15) is 0 Å². The van der Waals surface area contributed by atoms with Crippen molar-refractivity contribution in [3.8, 4) is 0 Å². The Morgan fingerprint density at radius 2 is 2.05 bits per heavy atom. The van der Waals surface area contributed by atoms with E-state index in [0.717, 1.165) is 57.3 Å². The van der Waals surface area contributed by atoms with Gasteiger partial charge in [0.25, 0.3) is 0 Å². The third-order valence-electron chi connectivity index (χ3n) is 4.38. The number of halogens is 1. The van der Waals surface area contributed by atoms with E-state index >= 15 is 0 Å². The first kappa shape index (κ1) is 14.3. The molecule has 110 valence electrons. The molecule has 0 spiro atoms. The van der Waals surface area contributed by atoms with Crippen molar-refractivity contribution >= 4 is 11.6 Å². The van der Waals surface area contributed by atoms with Crippen molar-refractivity contribution in [2.24, 2.45) is 5.92 Å². The summed E-state index contributed by atoms with van der Waals surface area (Å²) in [6, 6.07) is 2.49. The molecule has 1 atom stereocenters. The van der Waals surface area contributed by atoms with Gasteiger partial charge < -0.3 is 10.1 Å². The van der Waals surface area contributed by atoms with Crippen molar-refractivity contribution in [1.29, 1.82) is 0 Å². The molecule has 0 bridgehead atoms. The topological polar surface area (TPSA) is 37.4 Å². The maximum atomic E-state index is 6.42. The number of ether oxygens (including phenoxy) is 1. The summed E-state index contributed by atoms with van der Waals surface area (Å²) >= 11 is 6.42. The molecule has 0 aromatic carbocycles. The molecule has 2 aliphatic rings. The highest BCUT2D eigenvalue weighted by atomic mass is 35.5. The highest BCUT2D eigenvalue weighted by molar-refractivity contribution is 6.31.